The van der Waals surface area contributed by atoms with Gasteiger partial charge in [-0.25, -0.2) is 0 Å². The van der Waals surface area contributed by atoms with Gasteiger partial charge in [0.2, 0.25) is 5.91 Å². The Balaban J connectivity index is 1.58. The lowest BCUT2D eigenvalue weighted by atomic mass is 10.2. The topological polar surface area (TPSA) is 70.1 Å². The van der Waals surface area contributed by atoms with E-state index in [1.54, 1.807) is 29.2 Å². The van der Waals surface area contributed by atoms with Crippen LogP contribution in [-0.2, 0) is 21.3 Å². The number of para-hydroxylation sites is 1. The second-order valence-electron chi connectivity index (χ2n) is 6.96. The van der Waals surface area contributed by atoms with Gasteiger partial charge in [0, 0.05) is 55.2 Å². The molecule has 0 aliphatic carbocycles. The quantitative estimate of drug-likeness (QED) is 0.641. The molecule has 9 heteroatoms. The maximum Gasteiger partial charge on any atom is 0.235 e. The number of hydrogen-bond acceptors (Lipinski definition) is 5. The van der Waals surface area contributed by atoms with Crippen molar-refractivity contribution in [1.82, 2.24) is 9.80 Å². The first-order valence-electron chi connectivity index (χ1n) is 9.63. The van der Waals surface area contributed by atoms with Crippen LogP contribution < -0.4 is 4.74 Å². The first-order chi connectivity index (χ1) is 14.5. The summed E-state index contributed by atoms with van der Waals surface area (Å²) in [6.07, 6.45) is 0. The molecule has 0 radical (unpaired) electrons. The fourth-order valence-corrected chi connectivity index (χ4v) is 4.64. The Morgan fingerprint density at radius 2 is 1.80 bits per heavy atom. The highest BCUT2D eigenvalue weighted by Gasteiger charge is 2.22. The van der Waals surface area contributed by atoms with Gasteiger partial charge in [-0.2, -0.15) is 0 Å². The highest BCUT2D eigenvalue weighted by Crippen LogP contribution is 2.31. The third kappa shape index (κ3) is 6.43. The lowest BCUT2D eigenvalue weighted by Gasteiger charge is -2.34. The molecule has 1 N–H and O–H groups in total. The zero-order valence-corrected chi connectivity index (χ0v) is 18.8. The number of aliphatic hydroxyl groups excluding tert-OH is 1. The monoisotopic (exact) mass is 470 g/mol. The number of benzene rings is 2. The minimum Gasteiger partial charge on any atom is -0.457 e. The van der Waals surface area contributed by atoms with Crippen molar-refractivity contribution < 1.29 is 18.8 Å². The van der Waals surface area contributed by atoms with Gasteiger partial charge >= 0.3 is 0 Å². The maximum absolute atomic E-state index is 12.7. The largest absolute Gasteiger partial charge is 0.457 e. The van der Waals surface area contributed by atoms with E-state index >= 15 is 0 Å². The van der Waals surface area contributed by atoms with Gasteiger partial charge in [0.1, 0.15) is 17.3 Å². The second kappa shape index (κ2) is 11.1. The molecule has 1 fully saturated rings. The number of hydrogen-bond donors (Lipinski definition) is 1. The fraction of sp³-hybridized carbons (Fsp3) is 0.381. The molecule has 0 bridgehead atoms. The summed E-state index contributed by atoms with van der Waals surface area (Å²) in [7, 11) is -1.36. The second-order valence-corrected chi connectivity index (χ2v) is 9.23. The molecule has 1 heterocycles. The molecule has 1 amide bonds. The van der Waals surface area contributed by atoms with Crippen LogP contribution in [0.4, 0.5) is 0 Å². The van der Waals surface area contributed by atoms with Crippen LogP contribution in [-0.4, -0.2) is 70.1 Å². The molecule has 162 valence electrons. The zero-order valence-electron chi connectivity index (χ0n) is 16.4. The van der Waals surface area contributed by atoms with E-state index in [-0.39, 0.29) is 24.0 Å². The van der Waals surface area contributed by atoms with E-state index in [9.17, 15) is 9.00 Å². The minimum atomic E-state index is -1.36. The molecule has 3 rings (SSSR count). The predicted octanol–water partition coefficient (Wildman–Crippen LogP) is 3.17. The van der Waals surface area contributed by atoms with E-state index in [1.807, 2.05) is 18.2 Å². The number of piperazine rings is 1. The number of amides is 1. The summed E-state index contributed by atoms with van der Waals surface area (Å²) in [5.41, 5.74) is 0.752. The van der Waals surface area contributed by atoms with Crippen molar-refractivity contribution in [2.45, 2.75) is 5.75 Å². The third-order valence-corrected chi connectivity index (χ3v) is 6.77. The van der Waals surface area contributed by atoms with Crippen LogP contribution in [0.1, 0.15) is 5.56 Å². The number of aliphatic hydroxyl groups is 1. The lowest BCUT2D eigenvalue weighted by molar-refractivity contribution is -0.130. The van der Waals surface area contributed by atoms with Crippen molar-refractivity contribution in [2.24, 2.45) is 0 Å². The first-order valence-corrected chi connectivity index (χ1v) is 11.9. The molecule has 1 saturated heterocycles. The first kappa shape index (κ1) is 23.0. The Morgan fingerprint density at radius 1 is 1.07 bits per heavy atom. The normalized spacial score (nSPS) is 15.8. The molecule has 1 aliphatic rings. The van der Waals surface area contributed by atoms with Gasteiger partial charge < -0.3 is 14.7 Å². The molecule has 0 spiro atoms. The van der Waals surface area contributed by atoms with Crippen molar-refractivity contribution in [3.8, 4) is 11.5 Å². The Hall–Kier alpha value is -1.64. The van der Waals surface area contributed by atoms with Crippen molar-refractivity contribution in [3.05, 3.63) is 58.1 Å². The number of carbonyl (C=O) groups excluding carboxylic acids is 1. The summed E-state index contributed by atoms with van der Waals surface area (Å²) in [5.74, 6) is 1.17. The fourth-order valence-electron chi connectivity index (χ4n) is 3.21. The van der Waals surface area contributed by atoms with Crippen LogP contribution in [0.15, 0.2) is 42.5 Å². The summed E-state index contributed by atoms with van der Waals surface area (Å²) < 4.78 is 18.6. The van der Waals surface area contributed by atoms with Gasteiger partial charge in [-0.05, 0) is 18.2 Å². The third-order valence-electron chi connectivity index (χ3n) is 4.83. The highest BCUT2D eigenvalue weighted by atomic mass is 35.5. The molecule has 1 aliphatic heterocycles. The molecule has 2 aromatic rings. The smallest absolute Gasteiger partial charge is 0.235 e. The zero-order chi connectivity index (χ0) is 21.5. The van der Waals surface area contributed by atoms with E-state index in [1.165, 1.54) is 0 Å². The summed E-state index contributed by atoms with van der Waals surface area (Å²) in [6, 6.07) is 12.3. The molecule has 6 nitrogen and oxygen atoms in total. The van der Waals surface area contributed by atoms with Crippen LogP contribution in [0.25, 0.3) is 0 Å². The average Bonchev–Trinajstić information content (AvgIpc) is 2.73. The molecule has 30 heavy (non-hydrogen) atoms. The van der Waals surface area contributed by atoms with Crippen LogP contribution >= 0.6 is 23.2 Å². The molecular weight excluding hydrogens is 447 g/mol. The minimum absolute atomic E-state index is 0.0267. The number of nitrogens with zero attached hydrogens (tertiary/aromatic N) is 2. The lowest BCUT2D eigenvalue weighted by Crippen LogP contribution is -2.50. The molecule has 1 unspecified atom stereocenters. The summed E-state index contributed by atoms with van der Waals surface area (Å²) in [4.78, 5) is 16.4. The van der Waals surface area contributed by atoms with E-state index in [0.717, 1.165) is 18.7 Å². The average molecular weight is 471 g/mol. The molecule has 1 atom stereocenters. The Morgan fingerprint density at radius 3 is 2.50 bits per heavy atom. The van der Waals surface area contributed by atoms with Gasteiger partial charge in [-0.3, -0.25) is 13.9 Å². The van der Waals surface area contributed by atoms with E-state index in [2.05, 4.69) is 4.90 Å². The Kier molecular flexibility index (Phi) is 8.53. The van der Waals surface area contributed by atoms with E-state index < -0.39 is 10.8 Å². The molecular formula is C21H24Cl2N2O4S. The number of carbonyl (C=O) groups is 1. The number of halogens is 2. The number of ether oxygens (including phenoxy) is 1. The Labute approximate surface area is 188 Å². The van der Waals surface area contributed by atoms with E-state index in [0.29, 0.717) is 41.2 Å². The van der Waals surface area contributed by atoms with Crippen LogP contribution in [0.2, 0.25) is 10.0 Å². The predicted molar refractivity (Wildman–Crippen MR) is 120 cm³/mol. The van der Waals surface area contributed by atoms with Crippen LogP contribution in [0, 0.1) is 0 Å². The highest BCUT2D eigenvalue weighted by molar-refractivity contribution is 7.84. The van der Waals surface area contributed by atoms with Crippen molar-refractivity contribution >= 4 is 39.9 Å². The van der Waals surface area contributed by atoms with Crippen molar-refractivity contribution in [2.75, 3.05) is 45.1 Å². The SMILES string of the molecule is O=C(CS(=O)Cc1ccccc1Oc1ccc(Cl)c(Cl)c1)N1CCN(CCO)CC1. The standard InChI is InChI=1S/C21H24Cl2N2O4S/c22-18-6-5-17(13-19(18)23)29-20-4-2-1-3-16(20)14-30(28)15-21(27)25-9-7-24(8-10-25)11-12-26/h1-6,13,26H,7-12,14-15H2. The molecule has 0 aromatic heterocycles. The van der Waals surface area contributed by atoms with Crippen molar-refractivity contribution in [3.63, 3.8) is 0 Å². The Bertz CT molecular complexity index is 904. The summed E-state index contributed by atoms with van der Waals surface area (Å²) >= 11 is 12.0. The summed E-state index contributed by atoms with van der Waals surface area (Å²) in [5, 5.41) is 9.84. The van der Waals surface area contributed by atoms with Gasteiger partial charge in [-0.15, -0.1) is 0 Å². The molecule has 2 aromatic carbocycles. The van der Waals surface area contributed by atoms with Crippen molar-refractivity contribution in [1.29, 1.82) is 0 Å². The maximum atomic E-state index is 12.7. The summed E-state index contributed by atoms with van der Waals surface area (Å²) in [6.45, 7) is 3.35. The number of β-amino-alcohol motifs (C(OH)–C–C–N with tert-alkyl or cyclic N) is 1. The van der Waals surface area contributed by atoms with Gasteiger partial charge in [0.25, 0.3) is 0 Å². The number of rotatable bonds is 8. The molecule has 0 saturated carbocycles. The van der Waals surface area contributed by atoms with Gasteiger partial charge in [0.05, 0.1) is 22.4 Å². The van der Waals surface area contributed by atoms with Gasteiger partial charge in [-0.1, -0.05) is 41.4 Å². The van der Waals surface area contributed by atoms with Gasteiger partial charge in [0.15, 0.2) is 0 Å². The van der Waals surface area contributed by atoms with Crippen LogP contribution in [0.5, 0.6) is 11.5 Å². The van der Waals surface area contributed by atoms with Crippen LogP contribution in [0.3, 0.4) is 0 Å². The van der Waals surface area contributed by atoms with E-state index in [4.69, 9.17) is 33.0 Å².